The van der Waals surface area contributed by atoms with Crippen LogP contribution in [0.2, 0.25) is 0 Å². The zero-order valence-corrected chi connectivity index (χ0v) is 10.1. The highest BCUT2D eigenvalue weighted by atomic mass is 79.9. The van der Waals surface area contributed by atoms with Crippen molar-refractivity contribution in [1.29, 1.82) is 0 Å². The SMILES string of the molecule is O=S1(=O)C=CC(Nc2cccc(Br)n2)C1. The van der Waals surface area contributed by atoms with Crippen LogP contribution in [0.25, 0.3) is 0 Å². The summed E-state index contributed by atoms with van der Waals surface area (Å²) in [4.78, 5) is 4.16. The molecule has 0 spiro atoms. The number of hydrogen-bond donors (Lipinski definition) is 1. The average Bonchev–Trinajstić information content (AvgIpc) is 2.45. The maximum Gasteiger partial charge on any atom is 0.173 e. The molecule has 80 valence electrons. The minimum absolute atomic E-state index is 0.0984. The van der Waals surface area contributed by atoms with E-state index in [-0.39, 0.29) is 11.8 Å². The third-order valence-electron chi connectivity index (χ3n) is 1.98. The monoisotopic (exact) mass is 288 g/mol. The quantitative estimate of drug-likeness (QED) is 0.840. The van der Waals surface area contributed by atoms with Crippen LogP contribution in [-0.2, 0) is 9.84 Å². The summed E-state index contributed by atoms with van der Waals surface area (Å²) in [6, 6.07) is 5.26. The Hall–Kier alpha value is -0.880. The van der Waals surface area contributed by atoms with Crippen molar-refractivity contribution in [2.75, 3.05) is 11.1 Å². The molecule has 0 saturated carbocycles. The molecule has 1 unspecified atom stereocenters. The van der Waals surface area contributed by atoms with Gasteiger partial charge in [-0.05, 0) is 34.1 Å². The lowest BCUT2D eigenvalue weighted by molar-refractivity contribution is 0.605. The normalized spacial score (nSPS) is 22.9. The third kappa shape index (κ3) is 2.79. The molecule has 0 radical (unpaired) electrons. The minimum Gasteiger partial charge on any atom is -0.363 e. The number of aromatic nitrogens is 1. The summed E-state index contributed by atoms with van der Waals surface area (Å²) in [6.07, 6.45) is 1.64. The Labute approximate surface area is 96.5 Å². The van der Waals surface area contributed by atoms with Crippen molar-refractivity contribution in [2.45, 2.75) is 6.04 Å². The first-order valence-electron chi connectivity index (χ1n) is 4.35. The van der Waals surface area contributed by atoms with Crippen LogP contribution >= 0.6 is 15.9 Å². The van der Waals surface area contributed by atoms with E-state index in [1.165, 1.54) is 5.41 Å². The molecule has 1 N–H and O–H groups in total. The Bertz CT molecular complexity index is 499. The highest BCUT2D eigenvalue weighted by molar-refractivity contribution is 9.10. The van der Waals surface area contributed by atoms with E-state index in [0.717, 1.165) is 4.60 Å². The number of pyridine rings is 1. The van der Waals surface area contributed by atoms with E-state index in [0.29, 0.717) is 5.82 Å². The topological polar surface area (TPSA) is 59.1 Å². The summed E-state index contributed by atoms with van der Waals surface area (Å²) >= 11 is 3.25. The number of anilines is 1. The van der Waals surface area contributed by atoms with Crippen molar-refractivity contribution in [3.05, 3.63) is 34.3 Å². The highest BCUT2D eigenvalue weighted by Gasteiger charge is 2.21. The fourth-order valence-electron chi connectivity index (χ4n) is 1.34. The molecule has 0 amide bonds. The Morgan fingerprint density at radius 2 is 2.27 bits per heavy atom. The van der Waals surface area contributed by atoms with Gasteiger partial charge in [0.25, 0.3) is 0 Å². The molecule has 2 heterocycles. The van der Waals surface area contributed by atoms with E-state index in [9.17, 15) is 8.42 Å². The van der Waals surface area contributed by atoms with E-state index in [4.69, 9.17) is 0 Å². The molecule has 2 rings (SSSR count). The van der Waals surface area contributed by atoms with Gasteiger partial charge in [0.1, 0.15) is 10.4 Å². The molecule has 0 fully saturated rings. The fourth-order valence-corrected chi connectivity index (χ4v) is 2.92. The number of nitrogens with one attached hydrogen (secondary N) is 1. The molecular weight excluding hydrogens is 280 g/mol. The van der Waals surface area contributed by atoms with Gasteiger partial charge in [0.15, 0.2) is 9.84 Å². The Balaban J connectivity index is 2.09. The Morgan fingerprint density at radius 3 is 2.87 bits per heavy atom. The molecule has 1 atom stereocenters. The van der Waals surface area contributed by atoms with Crippen molar-refractivity contribution >= 4 is 31.6 Å². The summed E-state index contributed by atoms with van der Waals surface area (Å²) in [6.45, 7) is 0. The second kappa shape index (κ2) is 3.94. The van der Waals surface area contributed by atoms with Gasteiger partial charge in [0.05, 0.1) is 11.8 Å². The number of halogens is 1. The van der Waals surface area contributed by atoms with Gasteiger partial charge in [-0.15, -0.1) is 0 Å². The van der Waals surface area contributed by atoms with Crippen molar-refractivity contribution in [3.8, 4) is 0 Å². The molecule has 1 aromatic heterocycles. The van der Waals surface area contributed by atoms with Gasteiger partial charge in [0.2, 0.25) is 0 Å². The highest BCUT2D eigenvalue weighted by Crippen LogP contribution is 2.15. The largest absolute Gasteiger partial charge is 0.363 e. The molecule has 6 heteroatoms. The van der Waals surface area contributed by atoms with Crippen molar-refractivity contribution in [1.82, 2.24) is 4.98 Å². The molecule has 0 aromatic carbocycles. The van der Waals surface area contributed by atoms with Crippen LogP contribution in [0.5, 0.6) is 0 Å². The molecule has 1 aliphatic rings. The van der Waals surface area contributed by atoms with Crippen LogP contribution in [0.3, 0.4) is 0 Å². The number of nitrogens with zero attached hydrogens (tertiary/aromatic N) is 1. The van der Waals surface area contributed by atoms with Crippen LogP contribution in [0, 0.1) is 0 Å². The van der Waals surface area contributed by atoms with Gasteiger partial charge >= 0.3 is 0 Å². The zero-order valence-electron chi connectivity index (χ0n) is 7.72. The van der Waals surface area contributed by atoms with Crippen LogP contribution < -0.4 is 5.32 Å². The number of sulfone groups is 1. The second-order valence-electron chi connectivity index (χ2n) is 3.25. The summed E-state index contributed by atoms with van der Waals surface area (Å²) in [7, 11) is -3.01. The van der Waals surface area contributed by atoms with E-state index in [1.807, 2.05) is 12.1 Å². The molecule has 15 heavy (non-hydrogen) atoms. The van der Waals surface area contributed by atoms with Crippen LogP contribution in [-0.4, -0.2) is 25.2 Å². The van der Waals surface area contributed by atoms with Gasteiger partial charge in [-0.1, -0.05) is 6.07 Å². The van der Waals surface area contributed by atoms with Crippen molar-refractivity contribution in [3.63, 3.8) is 0 Å². The fraction of sp³-hybridized carbons (Fsp3) is 0.222. The number of rotatable bonds is 2. The van der Waals surface area contributed by atoms with Gasteiger partial charge in [-0.2, -0.15) is 0 Å². The third-order valence-corrected chi connectivity index (χ3v) is 3.82. The maximum absolute atomic E-state index is 11.1. The number of hydrogen-bond acceptors (Lipinski definition) is 4. The lowest BCUT2D eigenvalue weighted by Gasteiger charge is -2.10. The first-order valence-corrected chi connectivity index (χ1v) is 6.86. The van der Waals surface area contributed by atoms with Crippen molar-refractivity contribution < 1.29 is 8.42 Å². The maximum atomic E-state index is 11.1. The zero-order chi connectivity index (χ0) is 10.9. The first kappa shape index (κ1) is 10.6. The molecule has 0 aliphatic carbocycles. The predicted molar refractivity (Wildman–Crippen MR) is 62.3 cm³/mol. The van der Waals surface area contributed by atoms with Crippen LogP contribution in [0.1, 0.15) is 0 Å². The molecule has 0 saturated heterocycles. The van der Waals surface area contributed by atoms with Crippen LogP contribution in [0.15, 0.2) is 34.3 Å². The van der Waals surface area contributed by atoms with E-state index >= 15 is 0 Å². The van der Waals surface area contributed by atoms with E-state index in [2.05, 4.69) is 26.2 Å². The smallest absolute Gasteiger partial charge is 0.173 e. The first-order chi connectivity index (χ1) is 7.05. The lowest BCUT2D eigenvalue weighted by atomic mass is 10.3. The molecular formula is C9H9BrN2O2S. The van der Waals surface area contributed by atoms with Crippen LogP contribution in [0.4, 0.5) is 5.82 Å². The minimum atomic E-state index is -3.01. The van der Waals surface area contributed by atoms with E-state index in [1.54, 1.807) is 12.1 Å². The van der Waals surface area contributed by atoms with Gasteiger partial charge in [-0.3, -0.25) is 0 Å². The molecule has 4 nitrogen and oxygen atoms in total. The molecule has 1 aromatic rings. The lowest BCUT2D eigenvalue weighted by Crippen LogP contribution is -2.21. The second-order valence-corrected chi connectivity index (χ2v) is 6.00. The standard InChI is InChI=1S/C9H9BrN2O2S/c10-8-2-1-3-9(12-8)11-7-4-5-15(13,14)6-7/h1-5,7H,6H2,(H,11,12). The summed E-state index contributed by atoms with van der Waals surface area (Å²) in [5.74, 6) is 0.761. The average molecular weight is 289 g/mol. The van der Waals surface area contributed by atoms with Crippen molar-refractivity contribution in [2.24, 2.45) is 0 Å². The predicted octanol–water partition coefficient (Wildman–Crippen LogP) is 1.57. The summed E-state index contributed by atoms with van der Waals surface area (Å²) < 4.78 is 23.0. The van der Waals surface area contributed by atoms with Gasteiger partial charge in [-0.25, -0.2) is 13.4 Å². The van der Waals surface area contributed by atoms with E-state index < -0.39 is 9.84 Å². The Kier molecular flexibility index (Phi) is 2.79. The summed E-state index contributed by atoms with van der Waals surface area (Å²) in [5.41, 5.74) is 0. The molecule has 1 aliphatic heterocycles. The van der Waals surface area contributed by atoms with Gasteiger partial charge < -0.3 is 5.32 Å². The molecule has 0 bridgehead atoms. The summed E-state index contributed by atoms with van der Waals surface area (Å²) in [5, 5.41) is 4.27. The Morgan fingerprint density at radius 1 is 1.47 bits per heavy atom. The van der Waals surface area contributed by atoms with Gasteiger partial charge in [0, 0.05) is 5.41 Å².